The largest absolute Gasteiger partial charge is 0.176 e. The smallest absolute Gasteiger partial charge is 0.00167 e. The molecule has 0 saturated carbocycles. The highest BCUT2D eigenvalue weighted by molar-refractivity contribution is 7.80. The third kappa shape index (κ3) is 6.75. The van der Waals surface area contributed by atoms with Crippen molar-refractivity contribution in [1.82, 2.24) is 0 Å². The first-order valence-electron chi connectivity index (χ1n) is 5.94. The Hall–Kier alpha value is 0.350. The molecule has 0 aliphatic heterocycles. The zero-order chi connectivity index (χ0) is 11.4. The van der Waals surface area contributed by atoms with Gasteiger partial charge in [-0.05, 0) is 30.1 Å². The predicted molar refractivity (Wildman–Crippen MR) is 70.1 cm³/mol. The van der Waals surface area contributed by atoms with Gasteiger partial charge in [0.15, 0.2) is 0 Å². The Morgan fingerprint density at radius 3 is 1.93 bits per heavy atom. The summed E-state index contributed by atoms with van der Waals surface area (Å²) in [5.41, 5.74) is 0.470. The van der Waals surface area contributed by atoms with E-state index < -0.39 is 0 Å². The molecule has 0 aromatic carbocycles. The Labute approximate surface area is 96.3 Å². The molecular weight excluding hydrogens is 188 g/mol. The van der Waals surface area contributed by atoms with E-state index in [1.807, 2.05) is 0 Å². The van der Waals surface area contributed by atoms with Gasteiger partial charge in [-0.3, -0.25) is 0 Å². The van der Waals surface area contributed by atoms with E-state index >= 15 is 0 Å². The lowest BCUT2D eigenvalue weighted by molar-refractivity contribution is 0.264. The van der Waals surface area contributed by atoms with Gasteiger partial charge in [0.25, 0.3) is 0 Å². The van der Waals surface area contributed by atoms with E-state index in [2.05, 4.69) is 54.2 Å². The summed E-state index contributed by atoms with van der Waals surface area (Å²) in [7, 11) is 0. The molecule has 0 heterocycles. The normalized spacial score (nSPS) is 19.1. The maximum absolute atomic E-state index is 4.56. The topological polar surface area (TPSA) is 0 Å². The molecular formula is C13H28S. The van der Waals surface area contributed by atoms with Crippen LogP contribution < -0.4 is 0 Å². The van der Waals surface area contributed by atoms with E-state index in [4.69, 9.17) is 0 Å². The van der Waals surface area contributed by atoms with Crippen molar-refractivity contribution in [1.29, 1.82) is 0 Å². The van der Waals surface area contributed by atoms with Crippen LogP contribution in [0, 0.1) is 17.3 Å². The first-order valence-corrected chi connectivity index (χ1v) is 6.46. The standard InChI is InChI=1S/C13H28S/c1-7-12(11(3)14)8-10(2)9-13(4,5)6/h10-12,14H,7-9H2,1-6H3. The van der Waals surface area contributed by atoms with Gasteiger partial charge in [0, 0.05) is 5.25 Å². The van der Waals surface area contributed by atoms with Gasteiger partial charge in [-0.15, -0.1) is 0 Å². The summed E-state index contributed by atoms with van der Waals surface area (Å²) in [6.07, 6.45) is 3.92. The average Bonchev–Trinajstić information content (AvgIpc) is 1.96. The van der Waals surface area contributed by atoms with Crippen LogP contribution in [0.2, 0.25) is 0 Å². The average molecular weight is 216 g/mol. The van der Waals surface area contributed by atoms with E-state index in [-0.39, 0.29) is 0 Å². The van der Waals surface area contributed by atoms with Crippen LogP contribution >= 0.6 is 12.6 Å². The minimum absolute atomic E-state index is 0.470. The molecule has 0 fully saturated rings. The molecule has 0 radical (unpaired) electrons. The monoisotopic (exact) mass is 216 g/mol. The van der Waals surface area contributed by atoms with Crippen molar-refractivity contribution < 1.29 is 0 Å². The highest BCUT2D eigenvalue weighted by Crippen LogP contribution is 2.30. The van der Waals surface area contributed by atoms with Crippen molar-refractivity contribution in [2.24, 2.45) is 17.3 Å². The van der Waals surface area contributed by atoms with Crippen LogP contribution in [-0.2, 0) is 0 Å². The van der Waals surface area contributed by atoms with Gasteiger partial charge in [0.05, 0.1) is 0 Å². The maximum atomic E-state index is 4.56. The number of rotatable bonds is 5. The fraction of sp³-hybridized carbons (Fsp3) is 1.00. The Balaban J connectivity index is 3.97. The van der Waals surface area contributed by atoms with Crippen LogP contribution in [-0.4, -0.2) is 5.25 Å². The summed E-state index contributed by atoms with van der Waals surface area (Å²) in [4.78, 5) is 0. The maximum Gasteiger partial charge on any atom is 0.00167 e. The van der Waals surface area contributed by atoms with E-state index in [1.54, 1.807) is 0 Å². The van der Waals surface area contributed by atoms with Crippen LogP contribution in [0.4, 0.5) is 0 Å². The lowest BCUT2D eigenvalue weighted by Crippen LogP contribution is -2.18. The van der Waals surface area contributed by atoms with Crippen LogP contribution in [0.25, 0.3) is 0 Å². The van der Waals surface area contributed by atoms with E-state index in [9.17, 15) is 0 Å². The quantitative estimate of drug-likeness (QED) is 0.627. The molecule has 0 spiro atoms. The van der Waals surface area contributed by atoms with E-state index in [0.29, 0.717) is 10.7 Å². The SMILES string of the molecule is CCC(CC(C)CC(C)(C)C)C(C)S. The van der Waals surface area contributed by atoms with Gasteiger partial charge < -0.3 is 0 Å². The third-order valence-corrected chi connectivity index (χ3v) is 3.29. The number of hydrogen-bond donors (Lipinski definition) is 1. The van der Waals surface area contributed by atoms with Crippen LogP contribution in [0.3, 0.4) is 0 Å². The van der Waals surface area contributed by atoms with Gasteiger partial charge in [-0.1, -0.05) is 48.0 Å². The zero-order valence-corrected chi connectivity index (χ0v) is 11.7. The van der Waals surface area contributed by atoms with Gasteiger partial charge in [-0.25, -0.2) is 0 Å². The predicted octanol–water partition coefficient (Wildman–Crippen LogP) is 4.79. The lowest BCUT2D eigenvalue weighted by atomic mass is 9.80. The molecule has 0 saturated heterocycles. The molecule has 86 valence electrons. The van der Waals surface area contributed by atoms with Gasteiger partial charge in [0.1, 0.15) is 0 Å². The molecule has 3 atom stereocenters. The summed E-state index contributed by atoms with van der Waals surface area (Å²) in [5, 5.41) is 0.544. The molecule has 0 amide bonds. The van der Waals surface area contributed by atoms with E-state index in [1.165, 1.54) is 19.3 Å². The van der Waals surface area contributed by atoms with Crippen molar-refractivity contribution >= 4 is 12.6 Å². The van der Waals surface area contributed by atoms with Gasteiger partial charge in [-0.2, -0.15) is 12.6 Å². The first kappa shape index (κ1) is 14.3. The van der Waals surface area contributed by atoms with Crippen LogP contribution in [0.5, 0.6) is 0 Å². The fourth-order valence-corrected chi connectivity index (χ4v) is 2.68. The molecule has 0 aromatic heterocycles. The van der Waals surface area contributed by atoms with Crippen molar-refractivity contribution in [3.05, 3.63) is 0 Å². The summed E-state index contributed by atoms with van der Waals surface area (Å²) < 4.78 is 0. The second-order valence-corrected chi connectivity index (χ2v) is 6.83. The molecule has 1 heteroatoms. The fourth-order valence-electron chi connectivity index (χ4n) is 2.35. The Morgan fingerprint density at radius 1 is 1.14 bits per heavy atom. The first-order chi connectivity index (χ1) is 6.26. The molecule has 3 unspecified atom stereocenters. The molecule has 0 aliphatic carbocycles. The van der Waals surface area contributed by atoms with Crippen molar-refractivity contribution in [2.45, 2.75) is 66.1 Å². The van der Waals surface area contributed by atoms with Gasteiger partial charge in [0.2, 0.25) is 0 Å². The second-order valence-electron chi connectivity index (χ2n) is 6.01. The van der Waals surface area contributed by atoms with Crippen LogP contribution in [0.1, 0.15) is 60.8 Å². The van der Waals surface area contributed by atoms with Crippen molar-refractivity contribution in [3.8, 4) is 0 Å². The van der Waals surface area contributed by atoms with Crippen molar-refractivity contribution in [3.63, 3.8) is 0 Å². The molecule has 0 N–H and O–H groups in total. The summed E-state index contributed by atoms with van der Waals surface area (Å²) in [5.74, 6) is 1.62. The minimum atomic E-state index is 0.470. The third-order valence-electron chi connectivity index (χ3n) is 2.87. The Kier molecular flexibility index (Phi) is 6.20. The Morgan fingerprint density at radius 2 is 1.64 bits per heavy atom. The molecule has 0 bridgehead atoms. The zero-order valence-electron chi connectivity index (χ0n) is 10.8. The molecule has 0 rings (SSSR count). The summed E-state index contributed by atoms with van der Waals surface area (Å²) >= 11 is 4.56. The minimum Gasteiger partial charge on any atom is -0.176 e. The highest BCUT2D eigenvalue weighted by atomic mass is 32.1. The highest BCUT2D eigenvalue weighted by Gasteiger charge is 2.20. The van der Waals surface area contributed by atoms with Crippen LogP contribution in [0.15, 0.2) is 0 Å². The summed E-state index contributed by atoms with van der Waals surface area (Å²) in [6, 6.07) is 0. The second kappa shape index (κ2) is 6.05. The molecule has 0 aliphatic rings. The summed E-state index contributed by atoms with van der Waals surface area (Å²) in [6.45, 7) is 13.9. The van der Waals surface area contributed by atoms with E-state index in [0.717, 1.165) is 11.8 Å². The van der Waals surface area contributed by atoms with Gasteiger partial charge >= 0.3 is 0 Å². The lowest BCUT2D eigenvalue weighted by Gasteiger charge is -2.27. The Bertz CT molecular complexity index is 144. The van der Waals surface area contributed by atoms with Crippen molar-refractivity contribution in [2.75, 3.05) is 0 Å². The number of hydrogen-bond acceptors (Lipinski definition) is 1. The molecule has 14 heavy (non-hydrogen) atoms. The number of thiol groups is 1. The molecule has 0 aromatic rings. The molecule has 0 nitrogen and oxygen atoms in total.